The molecule has 0 radical (unpaired) electrons. The fourth-order valence-electron chi connectivity index (χ4n) is 3.78. The van der Waals surface area contributed by atoms with E-state index in [4.69, 9.17) is 32.7 Å². The number of nitrogens with zero attached hydrogens (tertiary/aromatic N) is 2. The number of rotatable bonds is 13. The number of hydrogen-bond acceptors (Lipinski definition) is 6. The lowest BCUT2D eigenvalue weighted by Gasteiger charge is -2.33. The zero-order valence-electron chi connectivity index (χ0n) is 22.5. The van der Waals surface area contributed by atoms with Crippen molar-refractivity contribution in [3.63, 3.8) is 0 Å². The van der Waals surface area contributed by atoms with E-state index < -0.39 is 28.5 Å². The van der Waals surface area contributed by atoms with Crippen LogP contribution in [0.3, 0.4) is 0 Å². The second kappa shape index (κ2) is 13.9. The molecule has 1 N–H and O–H groups in total. The van der Waals surface area contributed by atoms with Crippen LogP contribution in [0.2, 0.25) is 10.0 Å². The minimum atomic E-state index is -3.95. The Hall–Kier alpha value is -2.69. The molecule has 0 aliphatic rings. The van der Waals surface area contributed by atoms with Gasteiger partial charge in [-0.05, 0) is 36.6 Å². The van der Waals surface area contributed by atoms with Crippen LogP contribution in [-0.4, -0.2) is 64.7 Å². The van der Waals surface area contributed by atoms with Crippen molar-refractivity contribution in [2.75, 3.05) is 37.9 Å². The molecular weight excluding hydrogens is 553 g/mol. The lowest BCUT2D eigenvalue weighted by Crippen LogP contribution is -2.52. The Kier molecular flexibility index (Phi) is 11.5. The molecule has 0 aliphatic carbocycles. The molecule has 210 valence electrons. The molecule has 2 aromatic carbocycles. The average molecular weight is 589 g/mol. The van der Waals surface area contributed by atoms with Gasteiger partial charge in [0.15, 0.2) is 0 Å². The fourth-order valence-corrected chi connectivity index (χ4v) is 5.15. The maximum absolute atomic E-state index is 13.9. The van der Waals surface area contributed by atoms with Gasteiger partial charge in [-0.3, -0.25) is 13.9 Å². The van der Waals surface area contributed by atoms with Crippen LogP contribution < -0.4 is 19.1 Å². The maximum Gasteiger partial charge on any atom is 0.244 e. The quantitative estimate of drug-likeness (QED) is 0.373. The van der Waals surface area contributed by atoms with E-state index in [9.17, 15) is 18.0 Å². The van der Waals surface area contributed by atoms with Gasteiger partial charge in [0.1, 0.15) is 24.1 Å². The highest BCUT2D eigenvalue weighted by molar-refractivity contribution is 7.92. The van der Waals surface area contributed by atoms with Crippen molar-refractivity contribution in [3.8, 4) is 11.5 Å². The van der Waals surface area contributed by atoms with Gasteiger partial charge < -0.3 is 19.7 Å². The number of amides is 2. The Balaban J connectivity index is 2.55. The smallest absolute Gasteiger partial charge is 0.244 e. The summed E-state index contributed by atoms with van der Waals surface area (Å²) in [5, 5.41) is 3.51. The third-order valence-electron chi connectivity index (χ3n) is 5.80. The molecule has 0 saturated carbocycles. The van der Waals surface area contributed by atoms with E-state index in [1.807, 2.05) is 13.8 Å². The van der Waals surface area contributed by atoms with Gasteiger partial charge in [0.25, 0.3) is 0 Å². The number of halogens is 2. The molecule has 0 heterocycles. The minimum absolute atomic E-state index is 0.0949. The highest BCUT2D eigenvalue weighted by Crippen LogP contribution is 2.34. The predicted octanol–water partition coefficient (Wildman–Crippen LogP) is 4.36. The van der Waals surface area contributed by atoms with E-state index in [1.165, 1.54) is 31.3 Å². The van der Waals surface area contributed by atoms with Crippen LogP contribution in [0, 0.1) is 5.92 Å². The Morgan fingerprint density at radius 2 is 1.68 bits per heavy atom. The summed E-state index contributed by atoms with van der Waals surface area (Å²) >= 11 is 12.8. The molecule has 0 bridgehead atoms. The summed E-state index contributed by atoms with van der Waals surface area (Å²) in [6.07, 6.45) is 1.27. The van der Waals surface area contributed by atoms with Crippen molar-refractivity contribution in [1.82, 2.24) is 10.2 Å². The molecule has 38 heavy (non-hydrogen) atoms. The van der Waals surface area contributed by atoms with Gasteiger partial charge in [-0.25, -0.2) is 8.42 Å². The van der Waals surface area contributed by atoms with Gasteiger partial charge in [-0.2, -0.15) is 0 Å². The lowest BCUT2D eigenvalue weighted by molar-refractivity contribution is -0.140. The Bertz CT molecular complexity index is 1220. The number of sulfonamides is 1. The number of benzene rings is 2. The number of carbonyl (C=O) groups excluding carboxylic acids is 2. The van der Waals surface area contributed by atoms with Crippen LogP contribution in [0.1, 0.15) is 32.8 Å². The van der Waals surface area contributed by atoms with Crippen molar-refractivity contribution in [3.05, 3.63) is 52.0 Å². The molecule has 0 fully saturated rings. The van der Waals surface area contributed by atoms with E-state index in [1.54, 1.807) is 31.2 Å². The molecular formula is C26H35Cl2N3O6S. The Morgan fingerprint density at radius 1 is 1.05 bits per heavy atom. The first-order valence-electron chi connectivity index (χ1n) is 12.0. The normalized spacial score (nSPS) is 12.1. The summed E-state index contributed by atoms with van der Waals surface area (Å²) < 4.78 is 37.3. The summed E-state index contributed by atoms with van der Waals surface area (Å²) in [5.41, 5.74) is 0.601. The SMILES string of the molecule is CC[C@H](C(=O)NCC(C)C)N(Cc1c(Cl)cccc1Cl)C(=O)CN(c1ccc(OC)cc1OC)S(C)(=O)=O. The van der Waals surface area contributed by atoms with Gasteiger partial charge in [0.2, 0.25) is 21.8 Å². The predicted molar refractivity (Wildman–Crippen MR) is 151 cm³/mol. The average Bonchev–Trinajstić information content (AvgIpc) is 2.86. The zero-order chi connectivity index (χ0) is 28.6. The Morgan fingerprint density at radius 3 is 2.18 bits per heavy atom. The second-order valence-corrected chi connectivity index (χ2v) is 11.8. The number of nitrogens with one attached hydrogen (secondary N) is 1. The third-order valence-corrected chi connectivity index (χ3v) is 7.63. The van der Waals surface area contributed by atoms with Crippen LogP contribution in [0.25, 0.3) is 0 Å². The monoisotopic (exact) mass is 587 g/mol. The van der Waals surface area contributed by atoms with Crippen molar-refractivity contribution in [2.24, 2.45) is 5.92 Å². The molecule has 0 saturated heterocycles. The number of methoxy groups -OCH3 is 2. The maximum atomic E-state index is 13.9. The second-order valence-electron chi connectivity index (χ2n) is 9.09. The Labute approximate surface area is 235 Å². The molecule has 0 aliphatic heterocycles. The van der Waals surface area contributed by atoms with Gasteiger partial charge in [-0.1, -0.05) is 50.0 Å². The van der Waals surface area contributed by atoms with Crippen LogP contribution in [0.4, 0.5) is 5.69 Å². The topological polar surface area (TPSA) is 105 Å². The summed E-state index contributed by atoms with van der Waals surface area (Å²) in [6.45, 7) is 5.43. The van der Waals surface area contributed by atoms with Gasteiger partial charge in [0.05, 0.1) is 26.2 Å². The van der Waals surface area contributed by atoms with E-state index in [0.717, 1.165) is 10.6 Å². The first kappa shape index (κ1) is 31.5. The number of carbonyl (C=O) groups is 2. The van der Waals surface area contributed by atoms with Gasteiger partial charge in [0, 0.05) is 34.8 Å². The van der Waals surface area contributed by atoms with E-state index in [-0.39, 0.29) is 36.2 Å². The van der Waals surface area contributed by atoms with E-state index in [0.29, 0.717) is 27.9 Å². The molecule has 2 amide bonds. The molecule has 2 rings (SSSR count). The van der Waals surface area contributed by atoms with Gasteiger partial charge in [-0.15, -0.1) is 0 Å². The molecule has 9 nitrogen and oxygen atoms in total. The van der Waals surface area contributed by atoms with Crippen LogP contribution in [-0.2, 0) is 26.2 Å². The van der Waals surface area contributed by atoms with Crippen molar-refractivity contribution in [1.29, 1.82) is 0 Å². The standard InChI is InChI=1S/C26H35Cl2N3O6S/c1-7-22(26(33)29-14-17(2)3)30(15-19-20(27)9-8-10-21(19)28)25(32)16-31(38(6,34)35)23-12-11-18(36-4)13-24(23)37-5/h8-13,17,22H,7,14-16H2,1-6H3,(H,29,33)/t22-/m1/s1. The number of ether oxygens (including phenoxy) is 2. The fraction of sp³-hybridized carbons (Fsp3) is 0.462. The summed E-state index contributed by atoms with van der Waals surface area (Å²) in [7, 11) is -1.09. The molecule has 0 aromatic heterocycles. The molecule has 1 atom stereocenters. The lowest BCUT2D eigenvalue weighted by atomic mass is 10.1. The molecule has 0 unspecified atom stereocenters. The van der Waals surface area contributed by atoms with Crippen LogP contribution in [0.15, 0.2) is 36.4 Å². The summed E-state index contributed by atoms with van der Waals surface area (Å²) in [4.78, 5) is 28.3. The minimum Gasteiger partial charge on any atom is -0.497 e. The highest BCUT2D eigenvalue weighted by atomic mass is 35.5. The summed E-state index contributed by atoms with van der Waals surface area (Å²) in [5.74, 6) is -0.124. The zero-order valence-corrected chi connectivity index (χ0v) is 24.8. The van der Waals surface area contributed by atoms with E-state index >= 15 is 0 Å². The van der Waals surface area contributed by atoms with E-state index in [2.05, 4.69) is 5.32 Å². The van der Waals surface area contributed by atoms with Crippen LogP contribution in [0.5, 0.6) is 11.5 Å². The van der Waals surface area contributed by atoms with Crippen molar-refractivity contribution >= 4 is 50.7 Å². The van der Waals surface area contributed by atoms with Crippen molar-refractivity contribution < 1.29 is 27.5 Å². The van der Waals surface area contributed by atoms with Crippen molar-refractivity contribution in [2.45, 2.75) is 39.8 Å². The van der Waals surface area contributed by atoms with Gasteiger partial charge >= 0.3 is 0 Å². The number of hydrogen-bond donors (Lipinski definition) is 1. The molecule has 2 aromatic rings. The highest BCUT2D eigenvalue weighted by Gasteiger charge is 2.33. The summed E-state index contributed by atoms with van der Waals surface area (Å²) in [6, 6.07) is 8.63. The molecule has 12 heteroatoms. The van der Waals surface area contributed by atoms with Crippen LogP contribution >= 0.6 is 23.2 Å². The third kappa shape index (κ3) is 8.15. The molecule has 0 spiro atoms. The largest absolute Gasteiger partial charge is 0.497 e. The first-order chi connectivity index (χ1) is 17.8. The first-order valence-corrected chi connectivity index (χ1v) is 14.6. The number of anilines is 1.